The Morgan fingerprint density at radius 2 is 2.03 bits per heavy atom. The summed E-state index contributed by atoms with van der Waals surface area (Å²) in [6, 6.07) is 7.59. The molecule has 0 aliphatic carbocycles. The first-order chi connectivity index (χ1) is 14.7. The number of hydrogen-bond donors (Lipinski definition) is 2. The summed E-state index contributed by atoms with van der Waals surface area (Å²) in [5.41, 5.74) is 4.01. The van der Waals surface area contributed by atoms with Crippen LogP contribution in [0.5, 0.6) is 17.4 Å². The van der Waals surface area contributed by atoms with Crippen molar-refractivity contribution in [3.8, 4) is 28.6 Å². The monoisotopic (exact) mass is 404 g/mol. The summed E-state index contributed by atoms with van der Waals surface area (Å²) in [5.74, 6) is 2.51. The van der Waals surface area contributed by atoms with Crippen LogP contribution in [-0.4, -0.2) is 46.7 Å². The average molecular weight is 404 g/mol. The highest BCUT2D eigenvalue weighted by atomic mass is 16.5. The van der Waals surface area contributed by atoms with Crippen molar-refractivity contribution >= 4 is 22.8 Å². The number of pyridine rings is 1. The summed E-state index contributed by atoms with van der Waals surface area (Å²) in [7, 11) is 3.21. The molecule has 0 amide bonds. The van der Waals surface area contributed by atoms with Crippen LogP contribution in [0.1, 0.15) is 0 Å². The van der Waals surface area contributed by atoms with Crippen LogP contribution in [0.2, 0.25) is 0 Å². The molecule has 4 aromatic rings. The Kier molecular flexibility index (Phi) is 4.47. The van der Waals surface area contributed by atoms with Gasteiger partial charge in [0, 0.05) is 48.6 Å². The number of methoxy groups -OCH3 is 2. The lowest BCUT2D eigenvalue weighted by Gasteiger charge is -2.18. The molecule has 0 saturated heterocycles. The third kappa shape index (κ3) is 3.20. The molecule has 5 rings (SSSR count). The van der Waals surface area contributed by atoms with Gasteiger partial charge in [0.2, 0.25) is 5.88 Å². The summed E-state index contributed by atoms with van der Waals surface area (Å²) in [6.45, 7) is 1.36. The van der Waals surface area contributed by atoms with Crippen LogP contribution >= 0.6 is 0 Å². The summed E-state index contributed by atoms with van der Waals surface area (Å²) >= 11 is 0. The highest BCUT2D eigenvalue weighted by molar-refractivity contribution is 5.75. The maximum absolute atomic E-state index is 5.57. The van der Waals surface area contributed by atoms with E-state index in [4.69, 9.17) is 19.2 Å². The number of nitrogens with zero attached hydrogens (tertiary/aromatic N) is 4. The van der Waals surface area contributed by atoms with E-state index in [1.165, 1.54) is 0 Å². The van der Waals surface area contributed by atoms with Crippen LogP contribution in [0, 0.1) is 0 Å². The van der Waals surface area contributed by atoms with Gasteiger partial charge >= 0.3 is 0 Å². The van der Waals surface area contributed by atoms with Gasteiger partial charge in [0.25, 0.3) is 0 Å². The van der Waals surface area contributed by atoms with Gasteiger partial charge in [-0.1, -0.05) is 0 Å². The molecule has 1 aromatic carbocycles. The number of fused-ring (bicyclic) bond motifs is 2. The Balaban J connectivity index is 1.55. The number of hydrogen-bond acceptors (Lipinski definition) is 8. The molecule has 0 unspecified atom stereocenters. The Morgan fingerprint density at radius 1 is 1.13 bits per heavy atom. The number of imidazole rings is 1. The summed E-state index contributed by atoms with van der Waals surface area (Å²) < 4.78 is 18.2. The third-order valence-electron chi connectivity index (χ3n) is 4.82. The molecule has 0 radical (unpaired) electrons. The lowest BCUT2D eigenvalue weighted by Crippen LogP contribution is -2.18. The SMILES string of the molecule is COc1ccc(Nc2nc(-c3cnc4c(c3)NCCO4)cn3ccnc23)cc1OC. The maximum atomic E-state index is 5.57. The van der Waals surface area contributed by atoms with Crippen molar-refractivity contribution in [2.75, 3.05) is 38.0 Å². The van der Waals surface area contributed by atoms with Gasteiger partial charge in [-0.2, -0.15) is 0 Å². The van der Waals surface area contributed by atoms with Gasteiger partial charge in [-0.15, -0.1) is 0 Å². The zero-order valence-corrected chi connectivity index (χ0v) is 16.5. The highest BCUT2D eigenvalue weighted by Crippen LogP contribution is 2.33. The molecule has 0 atom stereocenters. The quantitative estimate of drug-likeness (QED) is 0.523. The zero-order valence-electron chi connectivity index (χ0n) is 16.5. The Labute approximate surface area is 172 Å². The summed E-state index contributed by atoms with van der Waals surface area (Å²) in [6.07, 6.45) is 7.31. The molecule has 0 saturated carbocycles. The number of benzene rings is 1. The lowest BCUT2D eigenvalue weighted by atomic mass is 10.2. The van der Waals surface area contributed by atoms with E-state index < -0.39 is 0 Å². The Hall–Kier alpha value is -4.01. The second-order valence-corrected chi connectivity index (χ2v) is 6.68. The fraction of sp³-hybridized carbons (Fsp3) is 0.190. The van der Waals surface area contributed by atoms with Gasteiger partial charge in [-0.25, -0.2) is 15.0 Å². The Morgan fingerprint density at radius 3 is 2.90 bits per heavy atom. The maximum Gasteiger partial charge on any atom is 0.237 e. The number of aromatic nitrogens is 4. The van der Waals surface area contributed by atoms with Crippen LogP contribution in [0.25, 0.3) is 16.9 Å². The average Bonchev–Trinajstić information content (AvgIpc) is 3.27. The molecule has 30 heavy (non-hydrogen) atoms. The second kappa shape index (κ2) is 7.43. The van der Waals surface area contributed by atoms with Crippen LogP contribution in [0.15, 0.2) is 49.1 Å². The van der Waals surface area contributed by atoms with Gasteiger partial charge < -0.3 is 29.2 Å². The second-order valence-electron chi connectivity index (χ2n) is 6.68. The number of nitrogens with one attached hydrogen (secondary N) is 2. The van der Waals surface area contributed by atoms with Crippen molar-refractivity contribution in [3.05, 3.63) is 49.1 Å². The van der Waals surface area contributed by atoms with Crippen LogP contribution in [-0.2, 0) is 0 Å². The smallest absolute Gasteiger partial charge is 0.237 e. The normalized spacial score (nSPS) is 12.6. The molecular formula is C21H20N6O3. The molecule has 152 valence electrons. The predicted molar refractivity (Wildman–Crippen MR) is 113 cm³/mol. The van der Waals surface area contributed by atoms with E-state index in [2.05, 4.69) is 20.6 Å². The van der Waals surface area contributed by atoms with Crippen molar-refractivity contribution in [3.63, 3.8) is 0 Å². The first-order valence-corrected chi connectivity index (χ1v) is 9.45. The third-order valence-corrected chi connectivity index (χ3v) is 4.82. The van der Waals surface area contributed by atoms with Gasteiger partial charge in [0.15, 0.2) is 23.0 Å². The van der Waals surface area contributed by atoms with Gasteiger partial charge in [0.05, 0.1) is 25.6 Å². The van der Waals surface area contributed by atoms with E-state index in [0.717, 1.165) is 29.2 Å². The molecule has 9 nitrogen and oxygen atoms in total. The fourth-order valence-corrected chi connectivity index (χ4v) is 3.37. The van der Waals surface area contributed by atoms with Crippen LogP contribution < -0.4 is 24.8 Å². The predicted octanol–water partition coefficient (Wildman–Crippen LogP) is 3.36. The molecule has 2 N–H and O–H groups in total. The van der Waals surface area contributed by atoms with E-state index in [1.807, 2.05) is 41.1 Å². The largest absolute Gasteiger partial charge is 0.493 e. The fourth-order valence-electron chi connectivity index (χ4n) is 3.37. The van der Waals surface area contributed by atoms with Crippen molar-refractivity contribution in [2.45, 2.75) is 0 Å². The van der Waals surface area contributed by atoms with Gasteiger partial charge in [-0.05, 0) is 18.2 Å². The minimum atomic E-state index is 0.609. The first kappa shape index (κ1) is 18.0. The molecule has 1 aliphatic rings. The Bertz CT molecular complexity index is 1220. The molecule has 0 fully saturated rings. The van der Waals surface area contributed by atoms with Gasteiger partial charge in [0.1, 0.15) is 6.61 Å². The standard InChI is InChI=1S/C21H20N6O3/c1-28-17-4-3-14(10-18(17)29-2)25-19-20-23-5-7-27(20)12-16(26-19)13-9-15-21(24-11-13)30-8-6-22-15/h3-5,7,9-12,22H,6,8H2,1-2H3,(H,25,26). The van der Waals surface area contributed by atoms with E-state index in [0.29, 0.717) is 35.5 Å². The highest BCUT2D eigenvalue weighted by Gasteiger charge is 2.15. The zero-order chi connectivity index (χ0) is 20.5. The molecule has 1 aliphatic heterocycles. The molecule has 9 heteroatoms. The van der Waals surface area contributed by atoms with E-state index >= 15 is 0 Å². The minimum absolute atomic E-state index is 0.609. The molecular weight excluding hydrogens is 384 g/mol. The molecule has 0 spiro atoms. The first-order valence-electron chi connectivity index (χ1n) is 9.45. The summed E-state index contributed by atoms with van der Waals surface area (Å²) in [4.78, 5) is 13.7. The molecule has 4 heterocycles. The topological polar surface area (TPSA) is 94.8 Å². The minimum Gasteiger partial charge on any atom is -0.493 e. The molecule has 0 bridgehead atoms. The number of ether oxygens (including phenoxy) is 3. The van der Waals surface area contributed by atoms with Crippen LogP contribution in [0.3, 0.4) is 0 Å². The van der Waals surface area contributed by atoms with Crippen LogP contribution in [0.4, 0.5) is 17.2 Å². The summed E-state index contributed by atoms with van der Waals surface area (Å²) in [5, 5.41) is 6.65. The molecule has 3 aromatic heterocycles. The number of anilines is 3. The van der Waals surface area contributed by atoms with Crippen molar-refractivity contribution in [2.24, 2.45) is 0 Å². The van der Waals surface area contributed by atoms with Crippen molar-refractivity contribution in [1.82, 2.24) is 19.4 Å². The lowest BCUT2D eigenvalue weighted by molar-refractivity contribution is 0.310. The van der Waals surface area contributed by atoms with Gasteiger partial charge in [-0.3, -0.25) is 0 Å². The van der Waals surface area contributed by atoms with E-state index in [1.54, 1.807) is 26.6 Å². The van der Waals surface area contributed by atoms with Crippen molar-refractivity contribution in [1.29, 1.82) is 0 Å². The van der Waals surface area contributed by atoms with Crippen molar-refractivity contribution < 1.29 is 14.2 Å². The number of rotatable bonds is 5. The van der Waals surface area contributed by atoms with E-state index in [-0.39, 0.29) is 0 Å². The van der Waals surface area contributed by atoms with E-state index in [9.17, 15) is 0 Å².